The number of ether oxygens (including phenoxy) is 16. The van der Waals surface area contributed by atoms with Crippen LogP contribution in [0.25, 0.3) is 89.7 Å². The van der Waals surface area contributed by atoms with E-state index in [1.54, 1.807) is 0 Å². The van der Waals surface area contributed by atoms with Gasteiger partial charge in [-0.25, -0.2) is 29.9 Å². The van der Waals surface area contributed by atoms with E-state index in [0.29, 0.717) is 218 Å². The molecule has 11 aromatic rings. The number of aromatic nitrogens is 8. The van der Waals surface area contributed by atoms with Crippen molar-refractivity contribution >= 4 is 66.9 Å². The highest BCUT2D eigenvalue weighted by atomic mass is 16.6. The minimum absolute atomic E-state index is 0.200. The summed E-state index contributed by atoms with van der Waals surface area (Å²) < 4.78 is 98.9. The summed E-state index contributed by atoms with van der Waals surface area (Å²) in [5, 5.41) is 2.65. The summed E-state index contributed by atoms with van der Waals surface area (Å²) in [6, 6.07) is 55.7. The predicted molar refractivity (Wildman–Crippen MR) is 487 cm³/mol. The molecule has 0 atom stereocenters. The fourth-order valence-electron chi connectivity index (χ4n) is 14.8. The van der Waals surface area contributed by atoms with Crippen molar-refractivity contribution in [1.82, 2.24) is 39.9 Å². The first kappa shape index (κ1) is 90.1. The molecule has 2 aliphatic rings. The summed E-state index contributed by atoms with van der Waals surface area (Å²) in [6.07, 6.45) is 0. The summed E-state index contributed by atoms with van der Waals surface area (Å²) in [5.41, 5.74) is 8.72. The minimum Gasteiger partial charge on any atom is -0.491 e. The van der Waals surface area contributed by atoms with Crippen molar-refractivity contribution in [2.24, 2.45) is 0 Å². The molecule has 0 saturated carbocycles. The molecule has 0 aliphatic carbocycles. The summed E-state index contributed by atoms with van der Waals surface area (Å²) in [4.78, 5) is 48.7. The van der Waals surface area contributed by atoms with Crippen LogP contribution in [-0.2, 0) is 37.9 Å². The number of fused-ring (bicyclic) bond motifs is 20. The number of nitrogens with one attached hydrogen (secondary N) is 2. The Hall–Kier alpha value is -11.6. The Bertz CT molecular complexity index is 5010. The molecule has 28 heteroatoms. The lowest BCUT2D eigenvalue weighted by Gasteiger charge is -2.21. The Balaban J connectivity index is 0.764. The Morgan fingerprint density at radius 3 is 0.742 bits per heavy atom. The van der Waals surface area contributed by atoms with Crippen LogP contribution in [-0.4, -0.2) is 251 Å². The van der Waals surface area contributed by atoms with Crippen LogP contribution >= 0.6 is 0 Å². The molecule has 8 aromatic carbocycles. The van der Waals surface area contributed by atoms with Gasteiger partial charge in [0.15, 0.2) is 23.3 Å². The zero-order chi connectivity index (χ0) is 85.9. The lowest BCUT2D eigenvalue weighted by Crippen LogP contribution is -2.21. The van der Waals surface area contributed by atoms with E-state index in [1.807, 2.05) is 121 Å². The average Bonchev–Trinajstić information content (AvgIpc) is 1.60. The van der Waals surface area contributed by atoms with Gasteiger partial charge in [-0.05, 0) is 128 Å². The quantitative estimate of drug-likeness (QED) is 0.0335. The van der Waals surface area contributed by atoms with Crippen LogP contribution in [0.3, 0.4) is 0 Å². The number of H-pyrrole nitrogens is 2. The Kier molecular flexibility index (Phi) is 34.8. The largest absolute Gasteiger partial charge is 0.491 e. The SMILES string of the molecule is CCN(CC)c1cccc(OCCOCCOCCOc2cccc3c2-c2nc-3nc3[nH]c(nc4nc(nc5[nH]c(n2)c2cccc(OCCOCCOCCOc6cccc(N(CC)CC)c6)c52)-c2cccc(OCCOCCOCCOc5cccc(N(CC)CC)c5)c2-4)c2cccc(OCCOCCOCCOc4cccc(N(CC)CC)c4)c32)c1. The third kappa shape index (κ3) is 24.5. The first-order valence-electron chi connectivity index (χ1n) is 43.6. The van der Waals surface area contributed by atoms with E-state index in [-0.39, 0.29) is 52.9 Å². The number of hydrogen-bond acceptors (Lipinski definition) is 26. The zero-order valence-corrected chi connectivity index (χ0v) is 72.8. The van der Waals surface area contributed by atoms with E-state index >= 15 is 0 Å². The van der Waals surface area contributed by atoms with Gasteiger partial charge >= 0.3 is 0 Å². The van der Waals surface area contributed by atoms with Crippen LogP contribution < -0.4 is 57.5 Å². The van der Waals surface area contributed by atoms with E-state index < -0.39 is 0 Å². The maximum Gasteiger partial charge on any atom is 0.168 e. The molecule has 3 aromatic heterocycles. The highest BCUT2D eigenvalue weighted by Crippen LogP contribution is 2.45. The van der Waals surface area contributed by atoms with Gasteiger partial charge in [-0.3, -0.25) is 0 Å². The van der Waals surface area contributed by atoms with E-state index in [9.17, 15) is 0 Å². The maximum absolute atomic E-state index is 6.67. The minimum atomic E-state index is 0.200. The molecule has 658 valence electrons. The molecule has 0 unspecified atom stereocenters. The molecule has 2 aliphatic heterocycles. The second-order valence-corrected chi connectivity index (χ2v) is 28.7. The molecule has 0 saturated heterocycles. The normalized spacial score (nSPS) is 11.5. The van der Waals surface area contributed by atoms with Gasteiger partial charge in [0.05, 0.1) is 128 Å². The summed E-state index contributed by atoms with van der Waals surface area (Å²) in [7, 11) is 0. The second-order valence-electron chi connectivity index (χ2n) is 28.7. The number of nitrogens with zero attached hydrogens (tertiary/aromatic N) is 10. The van der Waals surface area contributed by atoms with Crippen molar-refractivity contribution in [2.45, 2.75) is 55.4 Å². The monoisotopic (exact) mass is 1690 g/mol. The third-order valence-electron chi connectivity index (χ3n) is 21.0. The number of benzene rings is 8. The number of aromatic amines is 2. The van der Waals surface area contributed by atoms with E-state index in [0.717, 1.165) is 98.1 Å². The Morgan fingerprint density at radius 2 is 0.460 bits per heavy atom. The zero-order valence-electron chi connectivity index (χ0n) is 72.8. The fourth-order valence-corrected chi connectivity index (χ4v) is 14.8. The van der Waals surface area contributed by atoms with Crippen LogP contribution in [0.1, 0.15) is 55.4 Å². The summed E-state index contributed by atoms with van der Waals surface area (Å²) in [5.74, 6) is 6.62. The van der Waals surface area contributed by atoms with Gasteiger partial charge in [0.1, 0.15) is 121 Å². The number of rotatable bonds is 56. The van der Waals surface area contributed by atoms with Crippen molar-refractivity contribution in [3.63, 3.8) is 0 Å². The highest BCUT2D eigenvalue weighted by molar-refractivity contribution is 6.10. The lowest BCUT2D eigenvalue weighted by atomic mass is 10.1. The molecular weight excluding hydrogens is 1580 g/mol. The highest BCUT2D eigenvalue weighted by Gasteiger charge is 2.28. The molecule has 8 bridgehead atoms. The van der Waals surface area contributed by atoms with Gasteiger partial charge in [-0.1, -0.05) is 72.8 Å². The van der Waals surface area contributed by atoms with Crippen molar-refractivity contribution in [1.29, 1.82) is 0 Å². The molecule has 13 rings (SSSR count). The van der Waals surface area contributed by atoms with Crippen molar-refractivity contribution in [3.8, 4) is 91.5 Å². The van der Waals surface area contributed by atoms with E-state index in [4.69, 9.17) is 106 Å². The predicted octanol–water partition coefficient (Wildman–Crippen LogP) is 16.2. The van der Waals surface area contributed by atoms with Gasteiger partial charge in [0, 0.05) is 121 Å². The molecule has 0 radical (unpaired) electrons. The maximum atomic E-state index is 6.67. The van der Waals surface area contributed by atoms with Gasteiger partial charge in [0.25, 0.3) is 0 Å². The third-order valence-corrected chi connectivity index (χ3v) is 21.0. The molecule has 2 N–H and O–H groups in total. The first-order valence-corrected chi connectivity index (χ1v) is 43.6. The molecule has 0 fully saturated rings. The number of hydrogen-bond donors (Lipinski definition) is 2. The van der Waals surface area contributed by atoms with Gasteiger partial charge < -0.3 is 105 Å². The molecule has 124 heavy (non-hydrogen) atoms. The van der Waals surface area contributed by atoms with E-state index in [2.05, 4.69) is 133 Å². The Labute approximate surface area is 726 Å². The van der Waals surface area contributed by atoms with Crippen LogP contribution in [0, 0.1) is 0 Å². The van der Waals surface area contributed by atoms with Crippen molar-refractivity contribution in [2.75, 3.05) is 231 Å². The summed E-state index contributed by atoms with van der Waals surface area (Å²) >= 11 is 0. The second kappa shape index (κ2) is 47.9. The fraction of sp³-hybridized carbons (Fsp3) is 0.417. The molecule has 28 nitrogen and oxygen atoms in total. The molecule has 0 amide bonds. The standard InChI is InChI=1S/C96H118N12O16/c1-9-105(10-2)69-25-17-29-73(65-69)117-57-49-109-41-45-113-53-61-121-81-37-21-33-77-85(81)93-97-89(77)102-94-87-79(35-23-39-83(87)123-63-55-115-47-43-111-51-59-119-75-31-19-27-71(67-75)107(13-5)14-6)91(99-94)104-96-88-80(36-24-40-84(88)124-64-56-116-48-44-112-52-60-120-76-32-20-28-72(68-76)108(15-7)16-8)92(100-96)103-95-86-78(90(98-95)101-93)34-22-38-82(86)122-62-54-114-46-42-110-50-58-118-74-30-18-26-70(66-74)106(11-3)12-4/h17-40,65-68H,9-16,41-64H2,1-8H3,(H2,97,98,99,100,101,102,103,104). The average molecular weight is 1700 g/mol. The van der Waals surface area contributed by atoms with Gasteiger partial charge in [0.2, 0.25) is 0 Å². The number of anilines is 4. The first-order chi connectivity index (χ1) is 61.2. The molecular formula is C96H118N12O16. The van der Waals surface area contributed by atoms with Crippen LogP contribution in [0.4, 0.5) is 22.7 Å². The lowest BCUT2D eigenvalue weighted by molar-refractivity contribution is 0.0274. The van der Waals surface area contributed by atoms with Crippen LogP contribution in [0.15, 0.2) is 170 Å². The topological polar surface area (TPSA) is 270 Å². The van der Waals surface area contributed by atoms with Crippen LogP contribution in [0.5, 0.6) is 46.0 Å². The smallest absolute Gasteiger partial charge is 0.168 e. The van der Waals surface area contributed by atoms with Crippen molar-refractivity contribution in [3.05, 3.63) is 170 Å². The summed E-state index contributed by atoms with van der Waals surface area (Å²) in [6.45, 7) is 32.5. The Morgan fingerprint density at radius 1 is 0.226 bits per heavy atom. The van der Waals surface area contributed by atoms with Gasteiger partial charge in [-0.15, -0.1) is 0 Å². The van der Waals surface area contributed by atoms with Gasteiger partial charge in [-0.2, -0.15) is 0 Å². The van der Waals surface area contributed by atoms with E-state index in [1.165, 1.54) is 0 Å². The van der Waals surface area contributed by atoms with Crippen molar-refractivity contribution < 1.29 is 75.8 Å². The van der Waals surface area contributed by atoms with Crippen LogP contribution in [0.2, 0.25) is 0 Å². The molecule has 5 heterocycles. The molecule has 0 spiro atoms.